The lowest BCUT2D eigenvalue weighted by Gasteiger charge is -2.35. The minimum absolute atomic E-state index is 0.171. The van der Waals surface area contributed by atoms with Gasteiger partial charge in [0.05, 0.1) is 5.39 Å². The zero-order valence-electron chi connectivity index (χ0n) is 16.9. The first-order valence-corrected chi connectivity index (χ1v) is 11.1. The van der Waals surface area contributed by atoms with Crippen molar-refractivity contribution in [2.24, 2.45) is 5.92 Å². The highest BCUT2D eigenvalue weighted by Gasteiger charge is 2.28. The van der Waals surface area contributed by atoms with Gasteiger partial charge in [0.1, 0.15) is 16.5 Å². The number of hydrogen-bond donors (Lipinski definition) is 0. The Morgan fingerprint density at radius 1 is 1.26 bits per heavy atom. The third-order valence-electron chi connectivity index (χ3n) is 6.23. The molecule has 0 bridgehead atoms. The maximum absolute atomic E-state index is 11.7. The summed E-state index contributed by atoms with van der Waals surface area (Å²) in [6.07, 6.45) is 4.62. The number of piperazine rings is 1. The highest BCUT2D eigenvalue weighted by atomic mass is 32.1. The molecule has 4 rings (SSSR count). The Balaban J connectivity index is 1.78. The van der Waals surface area contributed by atoms with Crippen LogP contribution in [0.5, 0.6) is 0 Å². The fourth-order valence-corrected chi connectivity index (χ4v) is 5.59. The SMILES string of the molecule is CC[C@@H](C)c1nc(N2CCN(C(C)=O)CC2)c2c3c(sc2n1)C[C@H](C)CC3. The molecule has 3 heterocycles. The summed E-state index contributed by atoms with van der Waals surface area (Å²) in [4.78, 5) is 28.8. The minimum Gasteiger partial charge on any atom is -0.352 e. The molecule has 1 amide bonds. The van der Waals surface area contributed by atoms with Gasteiger partial charge >= 0.3 is 0 Å². The summed E-state index contributed by atoms with van der Waals surface area (Å²) in [7, 11) is 0. The normalized spacial score (nSPS) is 21.4. The molecule has 1 fully saturated rings. The lowest BCUT2D eigenvalue weighted by Crippen LogP contribution is -2.48. The molecule has 6 heteroatoms. The lowest BCUT2D eigenvalue weighted by molar-refractivity contribution is -0.129. The Morgan fingerprint density at radius 2 is 2.00 bits per heavy atom. The second kappa shape index (κ2) is 7.38. The summed E-state index contributed by atoms with van der Waals surface area (Å²) in [6, 6.07) is 0. The first-order chi connectivity index (χ1) is 13.0. The smallest absolute Gasteiger partial charge is 0.219 e. The van der Waals surface area contributed by atoms with E-state index in [4.69, 9.17) is 9.97 Å². The van der Waals surface area contributed by atoms with Crippen LogP contribution >= 0.6 is 11.3 Å². The number of aromatic nitrogens is 2. The number of aryl methyl sites for hydroxylation is 1. The van der Waals surface area contributed by atoms with Crippen LogP contribution in [0.25, 0.3) is 10.2 Å². The number of rotatable bonds is 3. The summed E-state index contributed by atoms with van der Waals surface area (Å²) in [5, 5.41) is 1.30. The van der Waals surface area contributed by atoms with E-state index in [0.717, 1.165) is 56.6 Å². The molecule has 0 unspecified atom stereocenters. The molecule has 1 aliphatic carbocycles. The quantitative estimate of drug-likeness (QED) is 0.800. The molecule has 0 spiro atoms. The Morgan fingerprint density at radius 3 is 2.67 bits per heavy atom. The Bertz CT molecular complexity index is 853. The van der Waals surface area contributed by atoms with Gasteiger partial charge in [-0.1, -0.05) is 20.8 Å². The van der Waals surface area contributed by atoms with E-state index >= 15 is 0 Å². The molecule has 0 radical (unpaired) electrons. The molecular formula is C21H30N4OS. The predicted molar refractivity (Wildman–Crippen MR) is 112 cm³/mol. The van der Waals surface area contributed by atoms with E-state index in [2.05, 4.69) is 25.7 Å². The zero-order valence-corrected chi connectivity index (χ0v) is 17.7. The molecule has 1 saturated heterocycles. The third-order valence-corrected chi connectivity index (χ3v) is 7.38. The molecule has 0 aromatic carbocycles. The molecule has 2 aliphatic rings. The van der Waals surface area contributed by atoms with Gasteiger partial charge in [-0.3, -0.25) is 4.79 Å². The standard InChI is InChI=1S/C21H30N4OS/c1-5-14(3)19-22-20(25-10-8-24(9-11-25)15(4)26)18-16-7-6-13(2)12-17(16)27-21(18)23-19/h13-14H,5-12H2,1-4H3/t13-,14-/m1/s1. The molecule has 27 heavy (non-hydrogen) atoms. The third kappa shape index (κ3) is 3.44. The molecule has 146 valence electrons. The highest BCUT2D eigenvalue weighted by Crippen LogP contribution is 2.41. The van der Waals surface area contributed by atoms with E-state index in [1.807, 2.05) is 16.2 Å². The van der Waals surface area contributed by atoms with Gasteiger partial charge in [-0.2, -0.15) is 0 Å². The van der Waals surface area contributed by atoms with Crippen molar-refractivity contribution in [3.8, 4) is 0 Å². The predicted octanol–water partition coefficient (Wildman–Crippen LogP) is 4.00. The molecule has 2 aromatic heterocycles. The van der Waals surface area contributed by atoms with E-state index < -0.39 is 0 Å². The first kappa shape index (κ1) is 18.7. The number of anilines is 1. The second-order valence-corrected chi connectivity index (χ2v) is 9.32. The molecule has 0 saturated carbocycles. The van der Waals surface area contributed by atoms with Crippen LogP contribution in [0.15, 0.2) is 0 Å². The monoisotopic (exact) mass is 386 g/mol. The van der Waals surface area contributed by atoms with Crippen molar-refractivity contribution in [1.29, 1.82) is 0 Å². The maximum atomic E-state index is 11.7. The number of carbonyl (C=O) groups is 1. The van der Waals surface area contributed by atoms with Crippen molar-refractivity contribution in [3.63, 3.8) is 0 Å². The van der Waals surface area contributed by atoms with Crippen LogP contribution in [-0.4, -0.2) is 47.0 Å². The highest BCUT2D eigenvalue weighted by molar-refractivity contribution is 7.19. The number of nitrogens with zero attached hydrogens (tertiary/aromatic N) is 4. The number of amides is 1. The van der Waals surface area contributed by atoms with E-state index in [1.165, 1.54) is 33.5 Å². The van der Waals surface area contributed by atoms with Gasteiger partial charge in [-0.25, -0.2) is 9.97 Å². The van der Waals surface area contributed by atoms with Crippen molar-refractivity contribution in [2.75, 3.05) is 31.1 Å². The second-order valence-electron chi connectivity index (χ2n) is 8.24. The van der Waals surface area contributed by atoms with Crippen molar-refractivity contribution in [2.45, 2.75) is 59.3 Å². The molecule has 0 N–H and O–H groups in total. The summed E-state index contributed by atoms with van der Waals surface area (Å²) < 4.78 is 0. The number of fused-ring (bicyclic) bond motifs is 3. The Hall–Kier alpha value is -1.69. The average molecular weight is 387 g/mol. The number of thiophene rings is 1. The molecule has 2 atom stereocenters. The van der Waals surface area contributed by atoms with E-state index in [-0.39, 0.29) is 5.91 Å². The van der Waals surface area contributed by atoms with Gasteiger partial charge in [0.2, 0.25) is 5.91 Å². The fourth-order valence-electron chi connectivity index (χ4n) is 4.20. The Kier molecular flexibility index (Phi) is 5.10. The van der Waals surface area contributed by atoms with Gasteiger partial charge in [-0.15, -0.1) is 11.3 Å². The van der Waals surface area contributed by atoms with Crippen LogP contribution in [0.3, 0.4) is 0 Å². The largest absolute Gasteiger partial charge is 0.352 e. The van der Waals surface area contributed by atoms with Gasteiger partial charge in [-0.05, 0) is 37.2 Å². The Labute approximate surface area is 165 Å². The molecule has 2 aromatic rings. The first-order valence-electron chi connectivity index (χ1n) is 10.3. The van der Waals surface area contributed by atoms with Crippen molar-refractivity contribution >= 4 is 33.3 Å². The van der Waals surface area contributed by atoms with Crippen molar-refractivity contribution < 1.29 is 4.79 Å². The summed E-state index contributed by atoms with van der Waals surface area (Å²) in [6.45, 7) is 11.7. The summed E-state index contributed by atoms with van der Waals surface area (Å²) in [5.74, 6) is 3.38. The van der Waals surface area contributed by atoms with Crippen molar-refractivity contribution in [3.05, 3.63) is 16.3 Å². The van der Waals surface area contributed by atoms with Crippen LogP contribution in [0.2, 0.25) is 0 Å². The summed E-state index contributed by atoms with van der Waals surface area (Å²) in [5.41, 5.74) is 1.49. The van der Waals surface area contributed by atoms with Gasteiger partial charge in [0.25, 0.3) is 0 Å². The van der Waals surface area contributed by atoms with Gasteiger partial charge in [0.15, 0.2) is 0 Å². The lowest BCUT2D eigenvalue weighted by atomic mass is 9.89. The topological polar surface area (TPSA) is 49.3 Å². The number of carbonyl (C=O) groups excluding carboxylic acids is 1. The van der Waals surface area contributed by atoms with Gasteiger partial charge in [0, 0.05) is 43.9 Å². The van der Waals surface area contributed by atoms with Crippen LogP contribution in [0.4, 0.5) is 5.82 Å². The fraction of sp³-hybridized carbons (Fsp3) is 0.667. The average Bonchev–Trinajstić information content (AvgIpc) is 3.03. The summed E-state index contributed by atoms with van der Waals surface area (Å²) >= 11 is 1.89. The van der Waals surface area contributed by atoms with E-state index in [9.17, 15) is 4.79 Å². The van der Waals surface area contributed by atoms with Gasteiger partial charge < -0.3 is 9.80 Å². The van der Waals surface area contributed by atoms with Crippen molar-refractivity contribution in [1.82, 2.24) is 14.9 Å². The zero-order chi connectivity index (χ0) is 19.1. The van der Waals surface area contributed by atoms with E-state index in [0.29, 0.717) is 5.92 Å². The minimum atomic E-state index is 0.171. The van der Waals surface area contributed by atoms with Crippen LogP contribution in [-0.2, 0) is 17.6 Å². The molecular weight excluding hydrogens is 356 g/mol. The maximum Gasteiger partial charge on any atom is 0.219 e. The van der Waals surface area contributed by atoms with Crippen LogP contribution in [0.1, 0.15) is 62.7 Å². The molecule has 5 nitrogen and oxygen atoms in total. The number of hydrogen-bond acceptors (Lipinski definition) is 5. The van der Waals surface area contributed by atoms with Crippen LogP contribution < -0.4 is 4.90 Å². The molecule has 1 aliphatic heterocycles. The van der Waals surface area contributed by atoms with Crippen LogP contribution in [0, 0.1) is 5.92 Å². The van der Waals surface area contributed by atoms with E-state index in [1.54, 1.807) is 6.92 Å².